The van der Waals surface area contributed by atoms with E-state index in [1.807, 2.05) is 146 Å². The molecule has 0 amide bonds. The number of carbonyl (C=O) groups excluding carboxylic acids is 1. The number of aliphatic hydroxyl groups excluding tert-OH is 4. The van der Waals surface area contributed by atoms with E-state index in [2.05, 4.69) is 94.0 Å². The number of methoxy groups -OCH3 is 1. The van der Waals surface area contributed by atoms with E-state index in [-0.39, 0.29) is 58.5 Å². The number of nitrogens with zero attached hydrogens (tertiary/aromatic N) is 17. The van der Waals surface area contributed by atoms with E-state index in [0.29, 0.717) is 96.7 Å². The molecule has 10 N–H and O–H groups in total. The number of ether oxygens (including phenoxy) is 2. The van der Waals surface area contributed by atoms with E-state index in [1.54, 1.807) is 4.90 Å². The Morgan fingerprint density at radius 3 is 1.68 bits per heavy atom. The number of carbonyl (C=O) groups is 1. The van der Waals surface area contributed by atoms with E-state index >= 15 is 0 Å². The molecule has 0 bridgehead atoms. The first-order valence-electron chi connectivity index (χ1n) is 39.4. The zero-order chi connectivity index (χ0) is 87.0. The number of unbranched alkanes of at least 4 members (excludes halogenated alkanes) is 7. The van der Waals surface area contributed by atoms with Crippen LogP contribution < -0.4 is 85.1 Å². The van der Waals surface area contributed by atoms with E-state index in [4.69, 9.17) is 19.6 Å². The molecule has 39 heteroatoms. The summed E-state index contributed by atoms with van der Waals surface area (Å²) in [6, 6.07) is 19.6. The van der Waals surface area contributed by atoms with Gasteiger partial charge in [-0.3, -0.25) is 43.4 Å². The van der Waals surface area contributed by atoms with Crippen molar-refractivity contribution in [2.24, 2.45) is 9.98 Å². The van der Waals surface area contributed by atoms with Gasteiger partial charge in [0.25, 0.3) is 22.2 Å². The fourth-order valence-electron chi connectivity index (χ4n) is 14.1. The molecule has 7 aliphatic rings. The topological polar surface area (TPSA) is 496 Å². The average molecular weight is 1670 g/mol. The number of nitriles is 1. The van der Waals surface area contributed by atoms with Gasteiger partial charge in [-0.2, -0.15) is 15.2 Å². The first kappa shape index (κ1) is 90.5. The second-order valence-corrected chi connectivity index (χ2v) is 31.8. The quantitative estimate of drug-likeness (QED) is 0.0134. The third kappa shape index (κ3) is 22.6. The molecule has 1 saturated heterocycles. The monoisotopic (exact) mass is 1670 g/mol. The molecule has 1 fully saturated rings. The number of anilines is 8. The number of β-amino-alcohol motifs (C(OH)–C–C–N with tert-alkyl or cyclic N) is 1. The Bertz CT molecular complexity index is 6010. The van der Waals surface area contributed by atoms with Crippen molar-refractivity contribution in [2.75, 3.05) is 152 Å². The Hall–Kier alpha value is -11.8. The largest absolute Gasteiger partial charge is 0.469 e. The molecule has 0 saturated carbocycles. The molecule has 6 aromatic rings. The van der Waals surface area contributed by atoms with E-state index in [9.17, 15) is 58.3 Å². The number of aromatic nitrogens is 12. The molecule has 2 aromatic heterocycles. The normalized spacial score (nSPS) is 14.0. The van der Waals surface area contributed by atoms with Crippen molar-refractivity contribution in [2.45, 2.75) is 123 Å². The van der Waals surface area contributed by atoms with Gasteiger partial charge in [0.2, 0.25) is 0 Å². The Morgan fingerprint density at radius 2 is 1.15 bits per heavy atom. The number of H-pyrrole nitrogens is 4. The van der Waals surface area contributed by atoms with Gasteiger partial charge in [-0.05, 0) is 137 Å². The first-order chi connectivity index (χ1) is 57.2. The van der Waals surface area contributed by atoms with Gasteiger partial charge >= 0.3 is 24.9 Å². The summed E-state index contributed by atoms with van der Waals surface area (Å²) in [4.78, 5) is 150. The molecule has 1 unspecified atom stereocenters. The number of aliphatic hydroxyl groups is 4. The van der Waals surface area contributed by atoms with Gasteiger partial charge in [0.05, 0.1) is 91.0 Å². The van der Waals surface area contributed by atoms with Crippen molar-refractivity contribution in [3.8, 4) is 29.1 Å². The molecule has 4 atom stereocenters. The van der Waals surface area contributed by atoms with Crippen molar-refractivity contribution in [3.05, 3.63) is 155 Å². The van der Waals surface area contributed by atoms with Crippen molar-refractivity contribution in [3.63, 3.8) is 0 Å². The molecule has 13 rings (SSSR count). The van der Waals surface area contributed by atoms with Crippen molar-refractivity contribution >= 4 is 106 Å². The number of rotatable bonds is 30. The maximum atomic E-state index is 12.6. The van der Waals surface area contributed by atoms with Crippen LogP contribution in [0.4, 0.5) is 57.1 Å². The van der Waals surface area contributed by atoms with E-state index in [1.165, 1.54) is 7.11 Å². The summed E-state index contributed by atoms with van der Waals surface area (Å²) in [5, 5.41) is 52.3. The van der Waals surface area contributed by atoms with Gasteiger partial charge < -0.3 is 88.2 Å². The van der Waals surface area contributed by atoms with E-state index in [0.717, 1.165) is 146 Å². The summed E-state index contributed by atoms with van der Waals surface area (Å²) >= 11 is 0. The molecule has 0 aliphatic carbocycles. The zero-order valence-corrected chi connectivity index (χ0v) is 70.3. The van der Waals surface area contributed by atoms with Crippen molar-refractivity contribution in [1.29, 1.82) is 5.26 Å². The summed E-state index contributed by atoms with van der Waals surface area (Å²) in [7, 11) is 9.69. The fraction of sp³-hybridized carbons (Fsp3) is 0.457. The lowest BCUT2D eigenvalue weighted by Crippen LogP contribution is -2.48. The van der Waals surface area contributed by atoms with Crippen LogP contribution in [0, 0.1) is 32.1 Å². The SMILES string of the molecule is C=c1nc2c(c(=O)[nH]1)=Nc1cc(C)c(NCCN3CCOCC3)cc1N2C[C@H](O)[C@H](O)[C@H](O)CO.C=c1nc2c(c(=O)[nH]1)=Nc1ccc(N(C)C)cc1N2CCCCC#N.COC(=O)CCCCCCn1c2nc(=O)[nH]c(=O)c-2nc2cc(C)c(N(C)C)cc21.Cc1cc2nc3c(=O)[nH]c(=O)nc-3n(CCCCCOP(C)(=O)O)c2cc1N(C)C. The lowest BCUT2D eigenvalue weighted by molar-refractivity contribution is -0.140. The minimum Gasteiger partial charge on any atom is -0.469 e. The predicted octanol–water partition coefficient (Wildman–Crippen LogP) is 3.10. The summed E-state index contributed by atoms with van der Waals surface area (Å²) in [5.41, 5.74) is 10.0. The zero-order valence-electron chi connectivity index (χ0n) is 69.4. The van der Waals surface area contributed by atoms with Gasteiger partial charge in [0.1, 0.15) is 29.3 Å². The van der Waals surface area contributed by atoms with Crippen molar-refractivity contribution in [1.82, 2.24) is 63.9 Å². The Kier molecular flexibility index (Phi) is 30.8. The van der Waals surface area contributed by atoms with Crippen LogP contribution in [0.1, 0.15) is 87.3 Å². The van der Waals surface area contributed by atoms with Crippen LogP contribution in [0.15, 0.2) is 93.3 Å². The third-order valence-electron chi connectivity index (χ3n) is 20.2. The highest BCUT2D eigenvalue weighted by atomic mass is 31.2. The lowest BCUT2D eigenvalue weighted by atomic mass is 10.1. The summed E-state index contributed by atoms with van der Waals surface area (Å²) in [5.74, 6) is 1.04. The number of nitrogens with one attached hydrogen (secondary N) is 5. The number of hydrogen-bond donors (Lipinski definition) is 10. The lowest BCUT2D eigenvalue weighted by Gasteiger charge is -2.32. The second kappa shape index (κ2) is 40.8. The number of benzene rings is 4. The molecule has 4 aromatic carbocycles. The number of morpholine rings is 1. The molecule has 0 spiro atoms. The minimum absolute atomic E-state index is 0.0572. The predicted molar refractivity (Wildman–Crippen MR) is 459 cm³/mol. The van der Waals surface area contributed by atoms with Gasteiger partial charge in [0.15, 0.2) is 45.4 Å². The highest BCUT2D eigenvalue weighted by Gasteiger charge is 2.32. The standard InChI is InChI=1S/C23H32N6O6.C21H27N5O4.C19H26N5O5P.C18H20N6O/c1-13-9-16-17(10-15(13)24-3-4-28-5-7-35-8-6-28)29(11-18(31)21(33)19(32)12-30)22-20(27-16)23(34)26-14(2)25-22;1-13-11-14-16(12-15(13)25(2)3)26(10-8-6-5-7-9-17(27)30-4)19-18(22-14)20(28)24-21(29)23-19;1-12-10-13-15(11-14(12)23(2)3)24(8-6-5-7-9-29-30(4,27)28)17-16(20-13)18(25)22-19(26)21-17;1-12-20-17-16(18(25)21-12)22-14-8-7-13(23(2)3)11-15(14)24(17)10-6-4-5-9-19/h9-10,18-19,21,24,30-33H,2-8,11-12H2,1H3,(H,26,34);11-12H,5-10H2,1-4H3,(H,24,28,29);10-11H,5-9H2,1-4H3,(H,27,28)(H,22,25,26);7-8,11H,1,4-6,10H2,2-3H3,(H,21,25)/t18-,19+,21-;;;/m0.../s1. The molecule has 38 nitrogen and oxygen atoms in total. The molecule has 0 radical (unpaired) electrons. The number of esters is 1. The Morgan fingerprint density at radius 1 is 0.625 bits per heavy atom. The Labute approximate surface area is 689 Å². The van der Waals surface area contributed by atoms with Gasteiger partial charge in [-0.15, -0.1) is 0 Å². The van der Waals surface area contributed by atoms with Crippen LogP contribution in [0.25, 0.3) is 58.3 Å². The smallest absolute Gasteiger partial charge is 0.349 e. The van der Waals surface area contributed by atoms with Crippen LogP contribution in [0.3, 0.4) is 0 Å². The number of hydrogen-bond acceptors (Lipinski definition) is 31. The average Bonchev–Trinajstić information content (AvgIpc) is 0.773. The summed E-state index contributed by atoms with van der Waals surface area (Å²) in [6.07, 6.45) is 3.37. The molecule has 120 heavy (non-hydrogen) atoms. The molecule has 9 heterocycles. The maximum Gasteiger partial charge on any atom is 0.349 e. The molecular weight excluding hydrogens is 1570 g/mol. The summed E-state index contributed by atoms with van der Waals surface area (Å²) in [6.45, 7) is 20.3. The number of aryl methyl sites for hydroxylation is 5. The van der Waals surface area contributed by atoms with Crippen LogP contribution >= 0.6 is 7.60 Å². The second-order valence-electron chi connectivity index (χ2n) is 30.0. The van der Waals surface area contributed by atoms with Crippen LogP contribution in [0.5, 0.6) is 0 Å². The van der Waals surface area contributed by atoms with Gasteiger partial charge in [-0.25, -0.2) is 39.5 Å². The van der Waals surface area contributed by atoms with Crippen LogP contribution in [0.2, 0.25) is 0 Å². The number of fused-ring (bicyclic) bond motifs is 8. The third-order valence-corrected chi connectivity index (χ3v) is 20.9. The van der Waals surface area contributed by atoms with Gasteiger partial charge in [0, 0.05) is 130 Å². The van der Waals surface area contributed by atoms with Gasteiger partial charge in [-0.1, -0.05) is 26.0 Å². The summed E-state index contributed by atoms with van der Waals surface area (Å²) < 4.78 is 29.9. The minimum atomic E-state index is -3.47. The van der Waals surface area contributed by atoms with Crippen LogP contribution in [-0.2, 0) is 36.4 Å². The molecule has 7 aliphatic heterocycles. The highest BCUT2D eigenvalue weighted by molar-refractivity contribution is 7.51. The highest BCUT2D eigenvalue weighted by Crippen LogP contribution is 2.41. The Balaban J connectivity index is 0.000000169. The molecular formula is C81H105N22O16P. The number of aromatic amines is 4. The van der Waals surface area contributed by atoms with Crippen molar-refractivity contribution < 1.29 is 48.7 Å². The molecule has 640 valence electrons. The van der Waals surface area contributed by atoms with E-state index < -0.39 is 60.6 Å². The first-order valence-corrected chi connectivity index (χ1v) is 41.4. The van der Waals surface area contributed by atoms with Crippen LogP contribution in [-0.4, -0.2) is 235 Å². The fourth-order valence-corrected chi connectivity index (χ4v) is 14.6. The maximum absolute atomic E-state index is 12.6.